The fourth-order valence-electron chi connectivity index (χ4n) is 2.24. The predicted molar refractivity (Wildman–Crippen MR) is 85.8 cm³/mol. The van der Waals surface area contributed by atoms with Crippen LogP contribution in [0.1, 0.15) is 0 Å². The molecule has 2 amide bonds. The van der Waals surface area contributed by atoms with Crippen LogP contribution in [-0.2, 0) is 0 Å². The highest BCUT2D eigenvalue weighted by Gasteiger charge is 2.22. The zero-order valence-electron chi connectivity index (χ0n) is 11.5. The summed E-state index contributed by atoms with van der Waals surface area (Å²) in [6.07, 6.45) is 1.81. The molecular weight excluding hydrogens is 286 g/mol. The molecule has 6 nitrogen and oxygen atoms in total. The van der Waals surface area contributed by atoms with E-state index < -0.39 is 0 Å². The number of hydrogen-bond acceptors (Lipinski definition) is 5. The average molecular weight is 303 g/mol. The van der Waals surface area contributed by atoms with E-state index in [2.05, 4.69) is 15.2 Å². The van der Waals surface area contributed by atoms with Crippen LogP contribution in [-0.4, -0.2) is 42.1 Å². The van der Waals surface area contributed by atoms with Gasteiger partial charge in [0.2, 0.25) is 0 Å². The van der Waals surface area contributed by atoms with E-state index in [0.717, 1.165) is 23.9 Å². The molecule has 1 fully saturated rings. The summed E-state index contributed by atoms with van der Waals surface area (Å²) in [5, 5.41) is 5.88. The van der Waals surface area contributed by atoms with Gasteiger partial charge in [-0.3, -0.25) is 0 Å². The molecule has 0 bridgehead atoms. The molecule has 3 N–H and O–H groups in total. The summed E-state index contributed by atoms with van der Waals surface area (Å²) in [6, 6.07) is 7.09. The van der Waals surface area contributed by atoms with Crippen molar-refractivity contribution in [3.05, 3.63) is 35.8 Å². The second-order valence-corrected chi connectivity index (χ2v) is 5.71. The van der Waals surface area contributed by atoms with Crippen molar-refractivity contribution in [1.82, 2.24) is 9.88 Å². The number of aromatic nitrogens is 1. The van der Waals surface area contributed by atoms with Gasteiger partial charge in [0.1, 0.15) is 0 Å². The molecule has 110 valence electrons. The minimum Gasteiger partial charge on any atom is -0.399 e. The summed E-state index contributed by atoms with van der Waals surface area (Å²) in [7, 11) is 0. The van der Waals surface area contributed by atoms with Crippen LogP contribution in [0, 0.1) is 0 Å². The lowest BCUT2D eigenvalue weighted by Gasteiger charge is -2.34. The van der Waals surface area contributed by atoms with Crippen LogP contribution in [0.15, 0.2) is 35.8 Å². The highest BCUT2D eigenvalue weighted by Crippen LogP contribution is 2.19. The first-order valence-corrected chi connectivity index (χ1v) is 7.66. The van der Waals surface area contributed by atoms with E-state index in [-0.39, 0.29) is 6.03 Å². The van der Waals surface area contributed by atoms with Gasteiger partial charge in [0.15, 0.2) is 5.13 Å². The Morgan fingerprint density at radius 3 is 2.52 bits per heavy atom. The molecule has 0 aliphatic carbocycles. The lowest BCUT2D eigenvalue weighted by molar-refractivity contribution is 0.208. The molecule has 3 rings (SSSR count). The van der Waals surface area contributed by atoms with Crippen LogP contribution in [0.5, 0.6) is 0 Å². The maximum Gasteiger partial charge on any atom is 0.321 e. The maximum absolute atomic E-state index is 12.2. The maximum atomic E-state index is 12.2. The average Bonchev–Trinajstić information content (AvgIpc) is 3.04. The van der Waals surface area contributed by atoms with Gasteiger partial charge in [-0.05, 0) is 24.3 Å². The van der Waals surface area contributed by atoms with Crippen molar-refractivity contribution in [2.75, 3.05) is 42.1 Å². The standard InChI is InChI=1S/C14H17N5OS/c15-11-1-3-12(4-2-11)17-13(20)18-6-8-19(9-7-18)14-16-5-10-21-14/h1-5,10H,6-9,15H2,(H,17,20). The number of nitrogens with zero attached hydrogens (tertiary/aromatic N) is 3. The molecule has 2 aromatic rings. The van der Waals surface area contributed by atoms with Crippen molar-refractivity contribution < 1.29 is 4.79 Å². The van der Waals surface area contributed by atoms with Crippen LogP contribution in [0.25, 0.3) is 0 Å². The van der Waals surface area contributed by atoms with Crippen molar-refractivity contribution in [2.24, 2.45) is 0 Å². The van der Waals surface area contributed by atoms with Crippen molar-refractivity contribution in [3.63, 3.8) is 0 Å². The van der Waals surface area contributed by atoms with E-state index in [1.165, 1.54) is 0 Å². The van der Waals surface area contributed by atoms with Gasteiger partial charge in [0.05, 0.1) is 0 Å². The normalized spacial score (nSPS) is 15.0. The number of anilines is 3. The largest absolute Gasteiger partial charge is 0.399 e. The molecule has 0 atom stereocenters. The second-order valence-electron chi connectivity index (χ2n) is 4.84. The SMILES string of the molecule is Nc1ccc(NC(=O)N2CCN(c3nccs3)CC2)cc1. The molecule has 1 aliphatic heterocycles. The summed E-state index contributed by atoms with van der Waals surface area (Å²) in [5.74, 6) is 0. The summed E-state index contributed by atoms with van der Waals surface area (Å²) < 4.78 is 0. The third kappa shape index (κ3) is 3.25. The molecular formula is C14H17N5OS. The van der Waals surface area contributed by atoms with Gasteiger partial charge in [-0.2, -0.15) is 0 Å². The van der Waals surface area contributed by atoms with Gasteiger partial charge in [0.25, 0.3) is 0 Å². The molecule has 0 spiro atoms. The minimum atomic E-state index is -0.0708. The number of carbonyl (C=O) groups is 1. The number of nitrogens with one attached hydrogen (secondary N) is 1. The third-order valence-electron chi connectivity index (χ3n) is 3.42. The lowest BCUT2D eigenvalue weighted by Crippen LogP contribution is -2.50. The molecule has 1 aromatic heterocycles. The first-order chi connectivity index (χ1) is 10.2. The van der Waals surface area contributed by atoms with E-state index >= 15 is 0 Å². The summed E-state index contributed by atoms with van der Waals surface area (Å²) in [6.45, 7) is 3.01. The fourth-order valence-corrected chi connectivity index (χ4v) is 2.94. The molecule has 0 radical (unpaired) electrons. The minimum absolute atomic E-state index is 0.0708. The highest BCUT2D eigenvalue weighted by atomic mass is 32.1. The highest BCUT2D eigenvalue weighted by molar-refractivity contribution is 7.13. The third-order valence-corrected chi connectivity index (χ3v) is 4.25. The van der Waals surface area contributed by atoms with Gasteiger partial charge >= 0.3 is 6.03 Å². The van der Waals surface area contributed by atoms with Crippen molar-refractivity contribution in [1.29, 1.82) is 0 Å². The van der Waals surface area contributed by atoms with E-state index in [1.807, 2.05) is 10.3 Å². The summed E-state index contributed by atoms with van der Waals surface area (Å²) in [5.41, 5.74) is 7.07. The van der Waals surface area contributed by atoms with Gasteiger partial charge in [-0.15, -0.1) is 11.3 Å². The second kappa shape index (κ2) is 6.01. The van der Waals surface area contributed by atoms with Crippen molar-refractivity contribution >= 4 is 33.9 Å². The smallest absolute Gasteiger partial charge is 0.321 e. The number of rotatable bonds is 2. The van der Waals surface area contributed by atoms with Gasteiger partial charge in [-0.25, -0.2) is 9.78 Å². The van der Waals surface area contributed by atoms with Gasteiger partial charge in [-0.1, -0.05) is 0 Å². The van der Waals surface area contributed by atoms with Crippen LogP contribution in [0.4, 0.5) is 21.3 Å². The summed E-state index contributed by atoms with van der Waals surface area (Å²) >= 11 is 1.63. The topological polar surface area (TPSA) is 74.5 Å². The molecule has 1 aromatic carbocycles. The molecule has 2 heterocycles. The summed E-state index contributed by atoms with van der Waals surface area (Å²) in [4.78, 5) is 20.5. The van der Waals surface area contributed by atoms with Gasteiger partial charge < -0.3 is 20.9 Å². The number of benzene rings is 1. The Morgan fingerprint density at radius 1 is 1.19 bits per heavy atom. The Bertz CT molecular complexity index is 590. The number of piperazine rings is 1. The molecule has 1 aliphatic rings. The first kappa shape index (κ1) is 13.7. The van der Waals surface area contributed by atoms with Crippen molar-refractivity contribution in [2.45, 2.75) is 0 Å². The quantitative estimate of drug-likeness (QED) is 0.833. The zero-order valence-corrected chi connectivity index (χ0v) is 12.3. The zero-order chi connectivity index (χ0) is 14.7. The number of hydrogen-bond donors (Lipinski definition) is 2. The van der Waals surface area contributed by atoms with Gasteiger partial charge in [0, 0.05) is 49.1 Å². The number of thiazole rings is 1. The van der Waals surface area contributed by atoms with Crippen LogP contribution < -0.4 is 16.0 Å². The molecule has 21 heavy (non-hydrogen) atoms. The Labute approximate surface area is 127 Å². The van der Waals surface area contributed by atoms with E-state index in [1.54, 1.807) is 41.8 Å². The lowest BCUT2D eigenvalue weighted by atomic mass is 10.3. The Balaban J connectivity index is 1.54. The first-order valence-electron chi connectivity index (χ1n) is 6.78. The molecule has 7 heteroatoms. The molecule has 0 saturated carbocycles. The van der Waals surface area contributed by atoms with Crippen LogP contribution >= 0.6 is 11.3 Å². The fraction of sp³-hybridized carbons (Fsp3) is 0.286. The number of amides is 2. The van der Waals surface area contributed by atoms with E-state index in [4.69, 9.17) is 5.73 Å². The monoisotopic (exact) mass is 303 g/mol. The number of nitrogen functional groups attached to an aromatic ring is 1. The number of nitrogens with two attached hydrogens (primary N) is 1. The Hall–Kier alpha value is -2.28. The predicted octanol–water partition coefficient (Wildman–Crippen LogP) is 2.08. The molecule has 0 unspecified atom stereocenters. The Kier molecular flexibility index (Phi) is 3.92. The van der Waals surface area contributed by atoms with Crippen molar-refractivity contribution in [3.8, 4) is 0 Å². The van der Waals surface area contributed by atoms with Crippen LogP contribution in [0.3, 0.4) is 0 Å². The van der Waals surface area contributed by atoms with Crippen LogP contribution in [0.2, 0.25) is 0 Å². The van der Waals surface area contributed by atoms with E-state index in [0.29, 0.717) is 18.8 Å². The van der Waals surface area contributed by atoms with E-state index in [9.17, 15) is 4.79 Å². The Morgan fingerprint density at radius 2 is 1.90 bits per heavy atom. The number of urea groups is 1. The number of carbonyl (C=O) groups excluding carboxylic acids is 1. The molecule has 1 saturated heterocycles.